The molecule has 16 heavy (non-hydrogen) atoms. The number of nitrogens with zero attached hydrogens (tertiary/aromatic N) is 2. The van der Waals surface area contributed by atoms with Crippen LogP contribution in [0.3, 0.4) is 0 Å². The Morgan fingerprint density at radius 2 is 2.38 bits per heavy atom. The van der Waals surface area contributed by atoms with Crippen molar-refractivity contribution >= 4 is 11.6 Å². The van der Waals surface area contributed by atoms with E-state index >= 15 is 0 Å². The topological polar surface area (TPSA) is 25.4 Å². The lowest BCUT2D eigenvalue weighted by Gasteiger charge is -2.38. The van der Waals surface area contributed by atoms with Crippen LogP contribution in [0.25, 0.3) is 0 Å². The third kappa shape index (κ3) is 2.94. The standard InChI is InChI=1S/C12H17ClN2O/c1-12(2)9-15(6-7-16-12)8-10-4-3-5-14-11(10)13/h3-5H,6-9H2,1-2H3. The first-order valence-electron chi connectivity index (χ1n) is 5.52. The number of pyridine rings is 1. The van der Waals surface area contributed by atoms with Gasteiger partial charge in [-0.15, -0.1) is 0 Å². The fraction of sp³-hybridized carbons (Fsp3) is 0.583. The van der Waals surface area contributed by atoms with Crippen molar-refractivity contribution in [2.75, 3.05) is 19.7 Å². The van der Waals surface area contributed by atoms with Crippen molar-refractivity contribution in [1.29, 1.82) is 0 Å². The predicted octanol–water partition coefficient (Wildman–Crippen LogP) is 2.35. The molecule has 0 amide bonds. The van der Waals surface area contributed by atoms with E-state index < -0.39 is 0 Å². The first kappa shape index (κ1) is 11.8. The number of morpholine rings is 1. The van der Waals surface area contributed by atoms with Crippen LogP contribution in [-0.2, 0) is 11.3 Å². The monoisotopic (exact) mass is 240 g/mol. The Labute approximate surface area is 101 Å². The summed E-state index contributed by atoms with van der Waals surface area (Å²) in [6, 6.07) is 3.95. The van der Waals surface area contributed by atoms with E-state index in [0.717, 1.165) is 31.8 Å². The Morgan fingerprint density at radius 1 is 1.56 bits per heavy atom. The van der Waals surface area contributed by atoms with Crippen LogP contribution in [0.2, 0.25) is 5.15 Å². The number of hydrogen-bond acceptors (Lipinski definition) is 3. The Balaban J connectivity index is 2.02. The number of hydrogen-bond donors (Lipinski definition) is 0. The van der Waals surface area contributed by atoms with Crippen LogP contribution in [0, 0.1) is 0 Å². The lowest BCUT2D eigenvalue weighted by atomic mass is 10.1. The predicted molar refractivity (Wildman–Crippen MR) is 64.6 cm³/mol. The van der Waals surface area contributed by atoms with Crippen LogP contribution in [0.5, 0.6) is 0 Å². The zero-order valence-corrected chi connectivity index (χ0v) is 10.5. The second kappa shape index (κ2) is 4.70. The highest BCUT2D eigenvalue weighted by Crippen LogP contribution is 2.20. The molecule has 0 saturated carbocycles. The van der Waals surface area contributed by atoms with Crippen LogP contribution in [0.15, 0.2) is 18.3 Å². The van der Waals surface area contributed by atoms with E-state index in [1.165, 1.54) is 0 Å². The summed E-state index contributed by atoms with van der Waals surface area (Å²) in [5.41, 5.74) is 1.02. The van der Waals surface area contributed by atoms with Crippen LogP contribution in [0.1, 0.15) is 19.4 Å². The fourth-order valence-electron chi connectivity index (χ4n) is 2.03. The minimum absolute atomic E-state index is 0.0626. The van der Waals surface area contributed by atoms with Crippen LogP contribution in [-0.4, -0.2) is 35.2 Å². The molecule has 4 heteroatoms. The van der Waals surface area contributed by atoms with Crippen molar-refractivity contribution in [3.05, 3.63) is 29.0 Å². The van der Waals surface area contributed by atoms with Crippen molar-refractivity contribution in [2.45, 2.75) is 26.0 Å². The summed E-state index contributed by atoms with van der Waals surface area (Å²) in [5, 5.41) is 0.604. The number of halogens is 1. The first-order valence-corrected chi connectivity index (χ1v) is 5.90. The molecule has 2 rings (SSSR count). The van der Waals surface area contributed by atoms with E-state index in [9.17, 15) is 0 Å². The molecule has 1 aliphatic rings. The Bertz CT molecular complexity index is 368. The van der Waals surface area contributed by atoms with Crippen LogP contribution < -0.4 is 0 Å². The Morgan fingerprint density at radius 3 is 3.06 bits per heavy atom. The van der Waals surface area contributed by atoms with Gasteiger partial charge in [-0.1, -0.05) is 17.7 Å². The van der Waals surface area contributed by atoms with Crippen molar-refractivity contribution < 1.29 is 4.74 Å². The van der Waals surface area contributed by atoms with E-state index in [1.54, 1.807) is 6.20 Å². The van der Waals surface area contributed by atoms with Crippen LogP contribution >= 0.6 is 11.6 Å². The molecule has 0 N–H and O–H groups in total. The molecule has 0 aliphatic carbocycles. The summed E-state index contributed by atoms with van der Waals surface area (Å²) in [7, 11) is 0. The molecule has 1 aromatic heterocycles. The molecule has 1 aliphatic heterocycles. The summed E-state index contributed by atoms with van der Waals surface area (Å²) < 4.78 is 5.67. The molecule has 0 bridgehead atoms. The summed E-state index contributed by atoms with van der Waals surface area (Å²) >= 11 is 6.05. The van der Waals surface area contributed by atoms with Gasteiger partial charge in [0.05, 0.1) is 12.2 Å². The quantitative estimate of drug-likeness (QED) is 0.742. The molecule has 2 heterocycles. The van der Waals surface area contributed by atoms with Crippen molar-refractivity contribution in [3.63, 3.8) is 0 Å². The summed E-state index contributed by atoms with van der Waals surface area (Å²) in [6.45, 7) is 7.74. The summed E-state index contributed by atoms with van der Waals surface area (Å²) in [6.07, 6.45) is 1.72. The van der Waals surface area contributed by atoms with E-state index in [4.69, 9.17) is 16.3 Å². The van der Waals surface area contributed by atoms with E-state index in [0.29, 0.717) is 5.15 Å². The van der Waals surface area contributed by atoms with Gasteiger partial charge in [0, 0.05) is 31.4 Å². The van der Waals surface area contributed by atoms with Gasteiger partial charge in [0.25, 0.3) is 0 Å². The van der Waals surface area contributed by atoms with Crippen LogP contribution in [0.4, 0.5) is 0 Å². The van der Waals surface area contributed by atoms with Gasteiger partial charge in [0.15, 0.2) is 0 Å². The zero-order chi connectivity index (χ0) is 11.6. The zero-order valence-electron chi connectivity index (χ0n) is 9.74. The first-order chi connectivity index (χ1) is 7.57. The molecule has 1 saturated heterocycles. The second-order valence-electron chi connectivity index (χ2n) is 4.77. The van der Waals surface area contributed by atoms with Gasteiger partial charge in [-0.25, -0.2) is 4.98 Å². The Kier molecular flexibility index (Phi) is 3.47. The average Bonchev–Trinajstić information content (AvgIpc) is 2.20. The third-order valence-electron chi connectivity index (χ3n) is 2.73. The second-order valence-corrected chi connectivity index (χ2v) is 5.13. The van der Waals surface area contributed by atoms with Gasteiger partial charge in [0.2, 0.25) is 0 Å². The normalized spacial score (nSPS) is 20.9. The van der Waals surface area contributed by atoms with Gasteiger partial charge < -0.3 is 4.74 Å². The molecule has 3 nitrogen and oxygen atoms in total. The molecule has 0 aromatic carbocycles. The van der Waals surface area contributed by atoms with Gasteiger partial charge in [-0.2, -0.15) is 0 Å². The van der Waals surface area contributed by atoms with Crippen molar-refractivity contribution in [1.82, 2.24) is 9.88 Å². The molecule has 1 aromatic rings. The van der Waals surface area contributed by atoms with E-state index in [-0.39, 0.29) is 5.60 Å². The molecule has 0 radical (unpaired) electrons. The maximum absolute atomic E-state index is 6.05. The van der Waals surface area contributed by atoms with Gasteiger partial charge in [-0.05, 0) is 19.9 Å². The van der Waals surface area contributed by atoms with E-state index in [1.807, 2.05) is 12.1 Å². The molecule has 1 fully saturated rings. The average molecular weight is 241 g/mol. The minimum Gasteiger partial charge on any atom is -0.373 e. The fourth-order valence-corrected chi connectivity index (χ4v) is 2.21. The van der Waals surface area contributed by atoms with E-state index in [2.05, 4.69) is 23.7 Å². The van der Waals surface area contributed by atoms with Gasteiger partial charge >= 0.3 is 0 Å². The molecule has 88 valence electrons. The van der Waals surface area contributed by atoms with Crippen molar-refractivity contribution in [2.24, 2.45) is 0 Å². The minimum atomic E-state index is -0.0626. The maximum Gasteiger partial charge on any atom is 0.133 e. The maximum atomic E-state index is 6.05. The Hall–Kier alpha value is -0.640. The number of ether oxygens (including phenoxy) is 1. The molecule has 0 atom stereocenters. The summed E-state index contributed by atoms with van der Waals surface area (Å²) in [5.74, 6) is 0. The lowest BCUT2D eigenvalue weighted by Crippen LogP contribution is -2.47. The van der Waals surface area contributed by atoms with Gasteiger partial charge in [0.1, 0.15) is 5.15 Å². The summed E-state index contributed by atoms with van der Waals surface area (Å²) in [4.78, 5) is 6.44. The highest BCUT2D eigenvalue weighted by molar-refractivity contribution is 6.30. The smallest absolute Gasteiger partial charge is 0.133 e. The molecule has 0 unspecified atom stereocenters. The number of rotatable bonds is 2. The third-order valence-corrected chi connectivity index (χ3v) is 3.08. The van der Waals surface area contributed by atoms with Crippen molar-refractivity contribution in [3.8, 4) is 0 Å². The van der Waals surface area contributed by atoms with Gasteiger partial charge in [-0.3, -0.25) is 4.90 Å². The SMILES string of the molecule is CC1(C)CN(Cc2cccnc2Cl)CCO1. The largest absolute Gasteiger partial charge is 0.373 e. The number of aromatic nitrogens is 1. The molecular weight excluding hydrogens is 224 g/mol. The highest BCUT2D eigenvalue weighted by Gasteiger charge is 2.27. The molecule has 0 spiro atoms. The highest BCUT2D eigenvalue weighted by atomic mass is 35.5. The lowest BCUT2D eigenvalue weighted by molar-refractivity contribution is -0.0882. The molecular formula is C12H17ClN2O.